The monoisotopic (exact) mass is 242 g/mol. The maximum atomic E-state index is 5.94. The molecule has 1 saturated heterocycles. The van der Waals surface area contributed by atoms with E-state index in [-0.39, 0.29) is 0 Å². The van der Waals surface area contributed by atoms with Crippen LogP contribution in [0.1, 0.15) is 18.7 Å². The summed E-state index contributed by atoms with van der Waals surface area (Å²) in [4.78, 5) is 6.64. The van der Waals surface area contributed by atoms with Crippen molar-refractivity contribution < 1.29 is 0 Å². The van der Waals surface area contributed by atoms with E-state index in [1.54, 1.807) is 6.20 Å². The minimum Gasteiger partial charge on any atom is -0.321 e. The van der Waals surface area contributed by atoms with E-state index in [0.717, 1.165) is 12.4 Å². The minimum absolute atomic E-state index is 0.617. The topological polar surface area (TPSA) is 33.1 Å². The highest BCUT2D eigenvalue weighted by atomic mass is 35.5. The minimum atomic E-state index is 0.617. The molecule has 0 aliphatic carbocycles. The molecule has 1 aromatic heterocycles. The summed E-state index contributed by atoms with van der Waals surface area (Å²) in [5.41, 5.74) is 0. The predicted octanol–water partition coefficient (Wildman–Crippen LogP) is 1.26. The normalized spacial score (nSPS) is 19.2. The van der Waals surface area contributed by atoms with Crippen LogP contribution in [0, 0.1) is 0 Å². The average molecular weight is 243 g/mol. The summed E-state index contributed by atoms with van der Waals surface area (Å²) in [7, 11) is 4.12. The van der Waals surface area contributed by atoms with Crippen molar-refractivity contribution in [1.82, 2.24) is 19.8 Å². The van der Waals surface area contributed by atoms with Crippen LogP contribution >= 0.6 is 11.6 Å². The summed E-state index contributed by atoms with van der Waals surface area (Å²) < 4.78 is 1.92. The molecule has 1 fully saturated rings. The van der Waals surface area contributed by atoms with Gasteiger partial charge >= 0.3 is 0 Å². The summed E-state index contributed by atoms with van der Waals surface area (Å²) in [6.07, 6.45) is 4.14. The Hall–Kier alpha value is -0.580. The van der Waals surface area contributed by atoms with Gasteiger partial charge in [0.1, 0.15) is 11.0 Å². The molecule has 0 unspecified atom stereocenters. The molecule has 2 heterocycles. The third-order valence-electron chi connectivity index (χ3n) is 3.30. The van der Waals surface area contributed by atoms with E-state index in [0.29, 0.717) is 11.2 Å². The molecule has 5 heteroatoms. The zero-order valence-electron chi connectivity index (χ0n) is 9.91. The number of piperidine rings is 1. The van der Waals surface area contributed by atoms with E-state index in [9.17, 15) is 0 Å². The molecule has 0 saturated carbocycles. The molecule has 0 bridgehead atoms. The zero-order valence-corrected chi connectivity index (χ0v) is 10.7. The molecule has 16 heavy (non-hydrogen) atoms. The number of halogens is 1. The first-order chi connectivity index (χ1) is 7.66. The van der Waals surface area contributed by atoms with Crippen molar-refractivity contribution in [2.75, 3.05) is 20.1 Å². The van der Waals surface area contributed by atoms with Gasteiger partial charge in [0.25, 0.3) is 0 Å². The number of likely N-dealkylation sites (tertiary alicyclic amines) is 1. The van der Waals surface area contributed by atoms with Crippen LogP contribution in [0.3, 0.4) is 0 Å². The molecule has 0 spiro atoms. The Morgan fingerprint density at radius 2 is 2.12 bits per heavy atom. The van der Waals surface area contributed by atoms with Crippen LogP contribution in [-0.4, -0.2) is 40.6 Å². The first-order valence-corrected chi connectivity index (χ1v) is 6.12. The molecule has 0 aromatic carbocycles. The number of nitrogens with one attached hydrogen (secondary N) is 1. The Balaban J connectivity index is 1.81. The van der Waals surface area contributed by atoms with Crippen LogP contribution in [-0.2, 0) is 13.6 Å². The van der Waals surface area contributed by atoms with Gasteiger partial charge in [-0.1, -0.05) is 11.6 Å². The first kappa shape index (κ1) is 11.9. The molecular weight excluding hydrogens is 224 g/mol. The lowest BCUT2D eigenvalue weighted by Gasteiger charge is -2.29. The van der Waals surface area contributed by atoms with Gasteiger partial charge in [0, 0.05) is 13.1 Å². The Bertz CT molecular complexity index is 342. The zero-order chi connectivity index (χ0) is 11.5. The van der Waals surface area contributed by atoms with Gasteiger partial charge in [0.15, 0.2) is 0 Å². The molecule has 90 valence electrons. The van der Waals surface area contributed by atoms with Gasteiger partial charge in [0.05, 0.1) is 12.7 Å². The van der Waals surface area contributed by atoms with Gasteiger partial charge in [-0.15, -0.1) is 0 Å². The van der Waals surface area contributed by atoms with Crippen molar-refractivity contribution in [3.8, 4) is 0 Å². The Morgan fingerprint density at radius 3 is 2.69 bits per heavy atom. The lowest BCUT2D eigenvalue weighted by molar-refractivity contribution is 0.233. The van der Waals surface area contributed by atoms with Crippen molar-refractivity contribution in [3.05, 3.63) is 17.2 Å². The van der Waals surface area contributed by atoms with Crippen molar-refractivity contribution in [2.24, 2.45) is 7.05 Å². The summed E-state index contributed by atoms with van der Waals surface area (Å²) in [6, 6.07) is 0.617. The van der Waals surface area contributed by atoms with Crippen molar-refractivity contribution in [2.45, 2.75) is 25.4 Å². The molecule has 4 nitrogen and oxygen atoms in total. The molecule has 0 atom stereocenters. The number of imidazole rings is 1. The number of hydrogen-bond donors (Lipinski definition) is 1. The Morgan fingerprint density at radius 1 is 1.44 bits per heavy atom. The SMILES string of the molecule is CN1CCC(NCc2ncc(Cl)n2C)CC1. The Kier molecular flexibility index (Phi) is 3.84. The molecule has 2 rings (SSSR count). The number of rotatable bonds is 3. The first-order valence-electron chi connectivity index (χ1n) is 5.75. The lowest BCUT2D eigenvalue weighted by atomic mass is 10.1. The van der Waals surface area contributed by atoms with Crippen LogP contribution in [0.4, 0.5) is 0 Å². The smallest absolute Gasteiger partial charge is 0.128 e. The second-order valence-electron chi connectivity index (χ2n) is 4.51. The van der Waals surface area contributed by atoms with E-state index in [4.69, 9.17) is 11.6 Å². The third-order valence-corrected chi connectivity index (χ3v) is 3.65. The molecule has 1 aliphatic rings. The summed E-state index contributed by atoms with van der Waals surface area (Å²) in [6.45, 7) is 3.16. The summed E-state index contributed by atoms with van der Waals surface area (Å²) >= 11 is 5.94. The van der Waals surface area contributed by atoms with Gasteiger partial charge in [0.2, 0.25) is 0 Å². The molecular formula is C11H19ClN4. The third kappa shape index (κ3) is 2.75. The van der Waals surface area contributed by atoms with E-state index >= 15 is 0 Å². The quantitative estimate of drug-likeness (QED) is 0.867. The highest BCUT2D eigenvalue weighted by molar-refractivity contribution is 6.29. The van der Waals surface area contributed by atoms with E-state index in [1.165, 1.54) is 25.9 Å². The standard InChI is InChI=1S/C11H19ClN4/c1-15-5-3-9(4-6-15)13-8-11-14-7-10(12)16(11)2/h7,9,13H,3-6,8H2,1-2H3. The van der Waals surface area contributed by atoms with Crippen LogP contribution in [0.5, 0.6) is 0 Å². The van der Waals surface area contributed by atoms with Crippen LogP contribution in [0.15, 0.2) is 6.20 Å². The van der Waals surface area contributed by atoms with E-state index in [2.05, 4.69) is 22.2 Å². The van der Waals surface area contributed by atoms with Crippen LogP contribution in [0.25, 0.3) is 0 Å². The highest BCUT2D eigenvalue weighted by Gasteiger charge is 2.16. The summed E-state index contributed by atoms with van der Waals surface area (Å²) in [5, 5.41) is 4.24. The molecule has 1 aliphatic heterocycles. The Labute approximate surface area is 102 Å². The van der Waals surface area contributed by atoms with Crippen molar-refractivity contribution >= 4 is 11.6 Å². The summed E-state index contributed by atoms with van der Waals surface area (Å²) in [5.74, 6) is 1.00. The second-order valence-corrected chi connectivity index (χ2v) is 4.90. The van der Waals surface area contributed by atoms with Gasteiger partial charge in [-0.25, -0.2) is 4.98 Å². The van der Waals surface area contributed by atoms with Crippen molar-refractivity contribution in [3.63, 3.8) is 0 Å². The van der Waals surface area contributed by atoms with Gasteiger partial charge in [-0.2, -0.15) is 0 Å². The largest absolute Gasteiger partial charge is 0.321 e. The van der Waals surface area contributed by atoms with Gasteiger partial charge < -0.3 is 14.8 Å². The van der Waals surface area contributed by atoms with Crippen molar-refractivity contribution in [1.29, 1.82) is 0 Å². The second kappa shape index (κ2) is 5.17. The number of hydrogen-bond acceptors (Lipinski definition) is 3. The van der Waals surface area contributed by atoms with E-state index in [1.807, 2.05) is 11.6 Å². The fourth-order valence-electron chi connectivity index (χ4n) is 2.04. The molecule has 0 amide bonds. The lowest BCUT2D eigenvalue weighted by Crippen LogP contribution is -2.40. The van der Waals surface area contributed by atoms with Crippen LogP contribution < -0.4 is 5.32 Å². The fourth-order valence-corrected chi connectivity index (χ4v) is 2.18. The molecule has 1 N–H and O–H groups in total. The maximum Gasteiger partial charge on any atom is 0.128 e. The number of aromatic nitrogens is 2. The average Bonchev–Trinajstić information content (AvgIpc) is 2.60. The molecule has 0 radical (unpaired) electrons. The van der Waals surface area contributed by atoms with Gasteiger partial charge in [-0.05, 0) is 33.0 Å². The fraction of sp³-hybridized carbons (Fsp3) is 0.727. The van der Waals surface area contributed by atoms with Crippen LogP contribution in [0.2, 0.25) is 5.15 Å². The molecule has 1 aromatic rings. The maximum absolute atomic E-state index is 5.94. The van der Waals surface area contributed by atoms with E-state index < -0.39 is 0 Å². The highest BCUT2D eigenvalue weighted by Crippen LogP contribution is 2.11. The number of nitrogens with zero attached hydrogens (tertiary/aromatic N) is 3. The predicted molar refractivity (Wildman–Crippen MR) is 65.6 cm³/mol. The van der Waals surface area contributed by atoms with Gasteiger partial charge in [-0.3, -0.25) is 0 Å².